The van der Waals surface area contributed by atoms with Crippen molar-refractivity contribution in [2.24, 2.45) is 0 Å². The fraction of sp³-hybridized carbons (Fsp3) is 1.00. The van der Waals surface area contributed by atoms with Gasteiger partial charge in [0.1, 0.15) is 0 Å². The molecule has 1 heterocycles. The molecule has 1 aliphatic heterocycles. The Balaban J connectivity index is 0.000000360. The Morgan fingerprint density at radius 2 is 1.86 bits per heavy atom. The Morgan fingerprint density at radius 3 is 1.86 bits per heavy atom. The number of hydrogen-bond acceptors (Lipinski definition) is 1. The van der Waals surface area contributed by atoms with Crippen LogP contribution in [0.5, 0.6) is 0 Å². The lowest BCUT2D eigenvalue weighted by Gasteiger charge is -2.27. The summed E-state index contributed by atoms with van der Waals surface area (Å²) in [5.74, 6) is 0. The molecule has 0 amide bonds. The molecule has 1 fully saturated rings. The van der Waals surface area contributed by atoms with Crippen molar-refractivity contribution in [2.45, 2.75) is 5.13 Å². The van der Waals surface area contributed by atoms with Gasteiger partial charge in [-0.2, -0.15) is 0 Å². The van der Waals surface area contributed by atoms with Crippen LogP contribution in [0.25, 0.3) is 0 Å². The standard InChI is InChI=1S/C3H5ClFN.ClH/c4-3(5)1-6-2-3;/h6H,1-2H2;1H. The van der Waals surface area contributed by atoms with Crippen molar-refractivity contribution >= 4 is 24.0 Å². The number of nitrogens with one attached hydrogen (secondary N) is 1. The molecule has 1 aliphatic rings. The normalized spacial score (nSPS) is 24.9. The monoisotopic (exact) mass is 145 g/mol. The van der Waals surface area contributed by atoms with Gasteiger partial charge < -0.3 is 5.32 Å². The van der Waals surface area contributed by atoms with Gasteiger partial charge in [0.05, 0.1) is 0 Å². The van der Waals surface area contributed by atoms with Crippen LogP contribution >= 0.6 is 24.0 Å². The van der Waals surface area contributed by atoms with Crippen molar-refractivity contribution in [1.29, 1.82) is 0 Å². The molecule has 0 bridgehead atoms. The molecule has 1 nitrogen and oxygen atoms in total. The first kappa shape index (κ1) is 7.47. The summed E-state index contributed by atoms with van der Waals surface area (Å²) >= 11 is 5.08. The highest BCUT2D eigenvalue weighted by atomic mass is 35.5. The highest BCUT2D eigenvalue weighted by Crippen LogP contribution is 2.20. The topological polar surface area (TPSA) is 12.0 Å². The molecule has 0 aromatic heterocycles. The smallest absolute Gasteiger partial charge is 0.208 e. The minimum Gasteiger partial charge on any atom is -0.308 e. The van der Waals surface area contributed by atoms with E-state index in [2.05, 4.69) is 5.32 Å². The third kappa shape index (κ3) is 1.80. The van der Waals surface area contributed by atoms with Crippen LogP contribution in [0.1, 0.15) is 0 Å². The first-order valence-electron chi connectivity index (χ1n) is 1.79. The van der Waals surface area contributed by atoms with Gasteiger partial charge in [-0.1, -0.05) is 11.6 Å². The Morgan fingerprint density at radius 1 is 1.57 bits per heavy atom. The summed E-state index contributed by atoms with van der Waals surface area (Å²) in [6.45, 7) is 0.600. The van der Waals surface area contributed by atoms with Crippen LogP contribution in [0.2, 0.25) is 0 Å². The molecule has 4 heteroatoms. The van der Waals surface area contributed by atoms with Crippen molar-refractivity contribution in [1.82, 2.24) is 5.32 Å². The molecule has 44 valence electrons. The van der Waals surface area contributed by atoms with Gasteiger partial charge in [-0.15, -0.1) is 12.4 Å². The molecule has 0 radical (unpaired) electrons. The lowest BCUT2D eigenvalue weighted by molar-refractivity contribution is 0.188. The predicted molar refractivity (Wildman–Crippen MR) is 29.8 cm³/mol. The summed E-state index contributed by atoms with van der Waals surface area (Å²) in [5, 5.41) is 1.28. The van der Waals surface area contributed by atoms with Crippen LogP contribution in [0.3, 0.4) is 0 Å². The summed E-state index contributed by atoms with van der Waals surface area (Å²) in [4.78, 5) is 0. The lowest BCUT2D eigenvalue weighted by Crippen LogP contribution is -2.51. The molecule has 0 aromatic rings. The van der Waals surface area contributed by atoms with E-state index in [1.54, 1.807) is 0 Å². The zero-order chi connectivity index (χ0) is 4.62. The van der Waals surface area contributed by atoms with Gasteiger partial charge >= 0.3 is 0 Å². The molecule has 0 saturated carbocycles. The average Bonchev–Trinajstić information content (AvgIpc) is 1.32. The van der Waals surface area contributed by atoms with E-state index in [1.807, 2.05) is 0 Å². The number of rotatable bonds is 0. The predicted octanol–water partition coefficient (Wildman–Crippen LogP) is 0.916. The van der Waals surface area contributed by atoms with Crippen LogP contribution in [-0.4, -0.2) is 18.2 Å². The van der Waals surface area contributed by atoms with Crippen LogP contribution in [0, 0.1) is 0 Å². The Labute approximate surface area is 52.6 Å². The second-order valence-electron chi connectivity index (χ2n) is 1.46. The number of halogens is 3. The second-order valence-corrected chi connectivity index (χ2v) is 2.14. The zero-order valence-electron chi connectivity index (χ0n) is 3.58. The quantitative estimate of drug-likeness (QED) is 0.501. The fourth-order valence-corrected chi connectivity index (χ4v) is 0.503. The highest BCUT2D eigenvalue weighted by molar-refractivity contribution is 6.23. The fourth-order valence-electron chi connectivity index (χ4n) is 0.314. The van der Waals surface area contributed by atoms with Gasteiger partial charge in [-0.25, -0.2) is 4.39 Å². The van der Waals surface area contributed by atoms with E-state index in [1.165, 1.54) is 0 Å². The van der Waals surface area contributed by atoms with Crippen molar-refractivity contribution in [2.75, 3.05) is 13.1 Å². The lowest BCUT2D eigenvalue weighted by atomic mass is 10.2. The maximum absolute atomic E-state index is 11.9. The summed E-state index contributed by atoms with van der Waals surface area (Å²) in [6.07, 6.45) is 0. The van der Waals surface area contributed by atoms with Crippen molar-refractivity contribution in [3.8, 4) is 0 Å². The van der Waals surface area contributed by atoms with Crippen LogP contribution < -0.4 is 5.32 Å². The second kappa shape index (κ2) is 2.16. The van der Waals surface area contributed by atoms with E-state index in [4.69, 9.17) is 11.6 Å². The summed E-state index contributed by atoms with van der Waals surface area (Å²) in [6, 6.07) is 0. The Hall–Kier alpha value is 0.470. The van der Waals surface area contributed by atoms with E-state index in [9.17, 15) is 4.39 Å². The molecule has 1 saturated heterocycles. The summed E-state index contributed by atoms with van der Waals surface area (Å²) < 4.78 is 11.9. The number of hydrogen-bond donors (Lipinski definition) is 1. The minimum atomic E-state index is -1.42. The van der Waals surface area contributed by atoms with Gasteiger partial charge in [-0.05, 0) is 0 Å². The maximum Gasteiger partial charge on any atom is 0.208 e. The Kier molecular flexibility index (Phi) is 2.30. The molecular weight excluding hydrogens is 140 g/mol. The molecule has 1 N–H and O–H groups in total. The molecule has 0 atom stereocenters. The molecule has 0 aliphatic carbocycles. The van der Waals surface area contributed by atoms with Crippen molar-refractivity contribution in [3.63, 3.8) is 0 Å². The van der Waals surface area contributed by atoms with E-state index < -0.39 is 5.13 Å². The van der Waals surface area contributed by atoms with Gasteiger partial charge in [0.2, 0.25) is 5.13 Å². The van der Waals surface area contributed by atoms with Crippen molar-refractivity contribution in [3.05, 3.63) is 0 Å². The molecular formula is C3H6Cl2FN. The van der Waals surface area contributed by atoms with Crippen LogP contribution in [0.4, 0.5) is 4.39 Å². The first-order valence-corrected chi connectivity index (χ1v) is 2.17. The maximum atomic E-state index is 11.9. The van der Waals surface area contributed by atoms with Gasteiger partial charge in [0.15, 0.2) is 0 Å². The molecule has 0 unspecified atom stereocenters. The Bertz CT molecular complexity index is 60.0. The molecule has 0 aromatic carbocycles. The van der Waals surface area contributed by atoms with Crippen LogP contribution in [-0.2, 0) is 0 Å². The van der Waals surface area contributed by atoms with E-state index in [0.717, 1.165) is 0 Å². The highest BCUT2D eigenvalue weighted by Gasteiger charge is 2.33. The first-order chi connectivity index (χ1) is 2.71. The average molecular weight is 146 g/mol. The largest absolute Gasteiger partial charge is 0.308 e. The summed E-state index contributed by atoms with van der Waals surface area (Å²) in [7, 11) is 0. The SMILES string of the molecule is Cl.FC1(Cl)CNC1. The van der Waals surface area contributed by atoms with E-state index >= 15 is 0 Å². The molecule has 1 rings (SSSR count). The van der Waals surface area contributed by atoms with Gasteiger partial charge in [-0.3, -0.25) is 0 Å². The molecule has 7 heavy (non-hydrogen) atoms. The van der Waals surface area contributed by atoms with E-state index in [0.29, 0.717) is 13.1 Å². The van der Waals surface area contributed by atoms with Gasteiger partial charge in [0.25, 0.3) is 0 Å². The minimum absolute atomic E-state index is 0. The van der Waals surface area contributed by atoms with Crippen LogP contribution in [0.15, 0.2) is 0 Å². The van der Waals surface area contributed by atoms with Gasteiger partial charge in [0, 0.05) is 13.1 Å². The van der Waals surface area contributed by atoms with E-state index in [-0.39, 0.29) is 12.4 Å². The summed E-state index contributed by atoms with van der Waals surface area (Å²) in [5.41, 5.74) is 0. The number of alkyl halides is 2. The third-order valence-electron chi connectivity index (χ3n) is 0.767. The molecule has 0 spiro atoms. The van der Waals surface area contributed by atoms with Crippen molar-refractivity contribution < 1.29 is 4.39 Å². The zero-order valence-corrected chi connectivity index (χ0v) is 5.15. The third-order valence-corrected chi connectivity index (χ3v) is 1.03.